The van der Waals surface area contributed by atoms with Crippen molar-refractivity contribution in [2.45, 2.75) is 24.8 Å². The van der Waals surface area contributed by atoms with E-state index in [0.717, 1.165) is 27.9 Å². The molecule has 0 aliphatic rings. The Balaban J connectivity index is 1.65. The van der Waals surface area contributed by atoms with Crippen molar-refractivity contribution in [3.8, 4) is 5.69 Å². The van der Waals surface area contributed by atoms with E-state index in [4.69, 9.17) is 0 Å². The first-order valence-corrected chi connectivity index (χ1v) is 9.56. The predicted octanol–water partition coefficient (Wildman–Crippen LogP) is 3.25. The Kier molecular flexibility index (Phi) is 4.14. The monoisotopic (exact) mass is 369 g/mol. The third-order valence-electron chi connectivity index (χ3n) is 3.86. The number of aryl methyl sites for hydroxylation is 2. The highest BCUT2D eigenvalue weighted by atomic mass is 32.2. The first-order valence-electron chi connectivity index (χ1n) is 7.70. The van der Waals surface area contributed by atoms with Gasteiger partial charge in [0.1, 0.15) is 5.82 Å². The number of nitrogens with zero attached hydrogens (tertiary/aromatic N) is 5. The number of fused-ring (bicyclic) bond motifs is 1. The van der Waals surface area contributed by atoms with Gasteiger partial charge in [0.2, 0.25) is 0 Å². The minimum absolute atomic E-state index is 0.0570. The summed E-state index contributed by atoms with van der Waals surface area (Å²) in [5.74, 6) is 1.40. The van der Waals surface area contributed by atoms with Gasteiger partial charge in [0.25, 0.3) is 5.56 Å². The number of para-hydroxylation sites is 1. The van der Waals surface area contributed by atoms with Crippen LogP contribution in [0.1, 0.15) is 17.1 Å². The molecular formula is C17H15N5OS2. The van der Waals surface area contributed by atoms with E-state index < -0.39 is 0 Å². The topological polar surface area (TPSA) is 65.1 Å². The van der Waals surface area contributed by atoms with Crippen LogP contribution >= 0.6 is 23.1 Å². The Morgan fingerprint density at radius 2 is 2.04 bits per heavy atom. The van der Waals surface area contributed by atoms with Crippen LogP contribution in [0.4, 0.5) is 0 Å². The summed E-state index contributed by atoms with van der Waals surface area (Å²) in [7, 11) is 0. The maximum absolute atomic E-state index is 12.1. The number of rotatable bonds is 4. The largest absolute Gasteiger partial charge is 0.274 e. The zero-order chi connectivity index (χ0) is 17.4. The van der Waals surface area contributed by atoms with Crippen molar-refractivity contribution >= 4 is 28.1 Å². The molecule has 8 heteroatoms. The second-order valence-corrected chi connectivity index (χ2v) is 7.40. The first kappa shape index (κ1) is 16.0. The Morgan fingerprint density at radius 3 is 2.88 bits per heavy atom. The number of aromatic nitrogens is 5. The van der Waals surface area contributed by atoms with Crippen LogP contribution in [0.5, 0.6) is 0 Å². The van der Waals surface area contributed by atoms with Gasteiger partial charge in [-0.1, -0.05) is 30.0 Å². The summed E-state index contributed by atoms with van der Waals surface area (Å²) in [6, 6.07) is 9.71. The molecule has 3 heterocycles. The minimum atomic E-state index is -0.0570. The molecule has 0 amide bonds. The predicted molar refractivity (Wildman–Crippen MR) is 99.7 cm³/mol. The summed E-state index contributed by atoms with van der Waals surface area (Å²) >= 11 is 2.98. The van der Waals surface area contributed by atoms with Crippen molar-refractivity contribution in [2.75, 3.05) is 0 Å². The zero-order valence-corrected chi connectivity index (χ0v) is 15.3. The van der Waals surface area contributed by atoms with Crippen LogP contribution in [0.2, 0.25) is 0 Å². The van der Waals surface area contributed by atoms with Gasteiger partial charge in [-0.25, -0.2) is 4.98 Å². The molecule has 6 nitrogen and oxygen atoms in total. The quantitative estimate of drug-likeness (QED) is 0.517. The summed E-state index contributed by atoms with van der Waals surface area (Å²) < 4.78 is 3.59. The summed E-state index contributed by atoms with van der Waals surface area (Å²) in [5.41, 5.74) is 2.91. The van der Waals surface area contributed by atoms with E-state index in [2.05, 4.69) is 34.2 Å². The second kappa shape index (κ2) is 6.45. The lowest BCUT2D eigenvalue weighted by Gasteiger charge is -2.10. The van der Waals surface area contributed by atoms with E-state index in [1.165, 1.54) is 23.1 Å². The van der Waals surface area contributed by atoms with Gasteiger partial charge in [-0.2, -0.15) is 0 Å². The average molecular weight is 369 g/mol. The molecule has 0 radical (unpaired) electrons. The van der Waals surface area contributed by atoms with E-state index in [-0.39, 0.29) is 5.56 Å². The van der Waals surface area contributed by atoms with Crippen molar-refractivity contribution in [1.82, 2.24) is 24.1 Å². The van der Waals surface area contributed by atoms with E-state index in [1.54, 1.807) is 16.7 Å². The molecule has 0 N–H and O–H groups in total. The number of hydrogen-bond acceptors (Lipinski definition) is 6. The third kappa shape index (κ3) is 2.98. The van der Waals surface area contributed by atoms with E-state index in [9.17, 15) is 4.79 Å². The van der Waals surface area contributed by atoms with Gasteiger partial charge >= 0.3 is 0 Å². The van der Waals surface area contributed by atoms with Crippen molar-refractivity contribution in [3.05, 3.63) is 69.3 Å². The Morgan fingerprint density at radius 1 is 1.20 bits per heavy atom. The van der Waals surface area contributed by atoms with E-state index in [0.29, 0.717) is 10.7 Å². The third-order valence-corrected chi connectivity index (χ3v) is 5.58. The molecule has 0 fully saturated rings. The first-order chi connectivity index (χ1) is 12.1. The molecule has 0 atom stereocenters. The molecule has 4 aromatic rings. The van der Waals surface area contributed by atoms with Gasteiger partial charge in [-0.05, 0) is 25.5 Å². The van der Waals surface area contributed by atoms with Gasteiger partial charge in [0.15, 0.2) is 10.1 Å². The molecule has 0 aliphatic heterocycles. The molecule has 25 heavy (non-hydrogen) atoms. The van der Waals surface area contributed by atoms with Gasteiger partial charge in [0.05, 0.1) is 11.4 Å². The average Bonchev–Trinajstić information content (AvgIpc) is 3.21. The molecule has 0 bridgehead atoms. The summed E-state index contributed by atoms with van der Waals surface area (Å²) in [6.45, 7) is 4.00. The van der Waals surface area contributed by atoms with Gasteiger partial charge in [0, 0.05) is 23.4 Å². The number of thioether (sulfide) groups is 1. The molecule has 126 valence electrons. The van der Waals surface area contributed by atoms with Crippen molar-refractivity contribution in [3.63, 3.8) is 0 Å². The highest BCUT2D eigenvalue weighted by molar-refractivity contribution is 7.98. The highest BCUT2D eigenvalue weighted by Crippen LogP contribution is 2.26. The fraction of sp³-hybridized carbons (Fsp3) is 0.176. The molecule has 0 saturated heterocycles. The van der Waals surface area contributed by atoms with Gasteiger partial charge in [-0.15, -0.1) is 21.5 Å². The fourth-order valence-corrected chi connectivity index (χ4v) is 4.25. The standard InChI is InChI=1S/C17H15N5OS2/c1-11-5-3-4-6-14(11)22-12(2)19-20-17(22)25-10-13-9-15(23)21-7-8-24-16(21)18-13/h3-9H,10H2,1-2H3. The number of benzene rings is 1. The van der Waals surface area contributed by atoms with Crippen LogP contribution in [0.25, 0.3) is 10.6 Å². The molecule has 4 rings (SSSR count). The molecule has 0 saturated carbocycles. The Hall–Kier alpha value is -2.45. The van der Waals surface area contributed by atoms with Crippen LogP contribution in [-0.2, 0) is 5.75 Å². The normalized spacial score (nSPS) is 11.3. The Labute approximate surface area is 152 Å². The summed E-state index contributed by atoms with van der Waals surface area (Å²) in [6.07, 6.45) is 1.74. The maximum Gasteiger partial charge on any atom is 0.258 e. The highest BCUT2D eigenvalue weighted by Gasteiger charge is 2.14. The lowest BCUT2D eigenvalue weighted by Crippen LogP contribution is -2.12. The van der Waals surface area contributed by atoms with E-state index in [1.807, 2.05) is 29.0 Å². The lowest BCUT2D eigenvalue weighted by atomic mass is 10.2. The lowest BCUT2D eigenvalue weighted by molar-refractivity contribution is 0.861. The van der Waals surface area contributed by atoms with Crippen LogP contribution < -0.4 is 5.56 Å². The maximum atomic E-state index is 12.1. The smallest absolute Gasteiger partial charge is 0.258 e. The van der Waals surface area contributed by atoms with E-state index >= 15 is 0 Å². The molecule has 0 aliphatic carbocycles. The fourth-order valence-electron chi connectivity index (χ4n) is 2.63. The van der Waals surface area contributed by atoms with Crippen LogP contribution in [0.3, 0.4) is 0 Å². The summed E-state index contributed by atoms with van der Waals surface area (Å²) in [5, 5.41) is 11.2. The second-order valence-electron chi connectivity index (χ2n) is 5.58. The molecule has 1 aromatic carbocycles. The Bertz CT molecular complexity index is 1110. The molecular weight excluding hydrogens is 354 g/mol. The van der Waals surface area contributed by atoms with Crippen molar-refractivity contribution in [2.24, 2.45) is 0 Å². The number of hydrogen-bond donors (Lipinski definition) is 0. The van der Waals surface area contributed by atoms with Gasteiger partial charge < -0.3 is 0 Å². The molecule has 0 unspecified atom stereocenters. The van der Waals surface area contributed by atoms with Crippen LogP contribution in [0, 0.1) is 13.8 Å². The minimum Gasteiger partial charge on any atom is -0.274 e. The zero-order valence-electron chi connectivity index (χ0n) is 13.7. The van der Waals surface area contributed by atoms with Crippen molar-refractivity contribution in [1.29, 1.82) is 0 Å². The van der Waals surface area contributed by atoms with Gasteiger partial charge in [-0.3, -0.25) is 13.8 Å². The van der Waals surface area contributed by atoms with Crippen LogP contribution in [0.15, 0.2) is 51.9 Å². The molecule has 0 spiro atoms. The SMILES string of the molecule is Cc1ccccc1-n1c(C)nnc1SCc1cc(=O)n2ccsc2n1. The molecule has 3 aromatic heterocycles. The number of thiazole rings is 1. The van der Waals surface area contributed by atoms with Crippen molar-refractivity contribution < 1.29 is 0 Å². The summed E-state index contributed by atoms with van der Waals surface area (Å²) in [4.78, 5) is 17.3. The van der Waals surface area contributed by atoms with Crippen LogP contribution in [-0.4, -0.2) is 24.1 Å².